The van der Waals surface area contributed by atoms with E-state index in [4.69, 9.17) is 12.7 Å². The molecule has 0 fully saturated rings. The highest BCUT2D eigenvalue weighted by atomic mass is 27.2. The molecule has 1 unspecified atom stereocenters. The molecule has 0 aliphatic carbocycles. The molecule has 19 heavy (non-hydrogen) atoms. The van der Waals surface area contributed by atoms with Crippen LogP contribution < -0.4 is 0 Å². The van der Waals surface area contributed by atoms with Crippen molar-refractivity contribution in [3.05, 3.63) is 35.9 Å². The average Bonchev–Trinajstić information content (AvgIpc) is 2.39. The third-order valence-electron chi connectivity index (χ3n) is 2.21. The lowest BCUT2D eigenvalue weighted by Crippen LogP contribution is -2.16. The van der Waals surface area contributed by atoms with E-state index in [9.17, 15) is 4.79 Å². The molecule has 0 bridgehead atoms. The second kappa shape index (κ2) is 11.0. The van der Waals surface area contributed by atoms with Gasteiger partial charge in [0.25, 0.3) is 0 Å². The molecular formula is C14H22AlO4. The van der Waals surface area contributed by atoms with Crippen molar-refractivity contribution >= 4 is 21.9 Å². The van der Waals surface area contributed by atoms with Crippen LogP contribution >= 0.6 is 0 Å². The Labute approximate surface area is 122 Å². The minimum absolute atomic E-state index is 0.247. The summed E-state index contributed by atoms with van der Waals surface area (Å²) in [7, 11) is 0. The molecule has 0 amide bonds. The van der Waals surface area contributed by atoms with Crippen LogP contribution in [0, 0.1) is 0 Å². The van der Waals surface area contributed by atoms with Crippen LogP contribution in [0.4, 0.5) is 0 Å². The van der Waals surface area contributed by atoms with E-state index >= 15 is 0 Å². The van der Waals surface area contributed by atoms with Crippen molar-refractivity contribution in [2.24, 2.45) is 0 Å². The lowest BCUT2D eigenvalue weighted by atomic mass is 10.2. The van der Waals surface area contributed by atoms with Crippen LogP contribution in [0.5, 0.6) is 0 Å². The summed E-state index contributed by atoms with van der Waals surface area (Å²) in [6.45, 7) is 8.22. The normalized spacial score (nSPS) is 11.4. The zero-order chi connectivity index (χ0) is 14.7. The minimum Gasteiger partial charge on any atom is -0.482 e. The molecule has 0 aromatic heterocycles. The molecule has 1 atom stereocenters. The van der Waals surface area contributed by atoms with Crippen LogP contribution in [0.25, 0.3) is 0 Å². The van der Waals surface area contributed by atoms with Crippen LogP contribution in [0.1, 0.15) is 44.5 Å². The molecule has 0 heterocycles. The molecule has 1 radical (unpaired) electrons. The van der Waals surface area contributed by atoms with Gasteiger partial charge in [0, 0.05) is 12.2 Å². The van der Waals surface area contributed by atoms with Gasteiger partial charge in [-0.1, -0.05) is 25.1 Å². The maximum atomic E-state index is 10.2. The Balaban J connectivity index is 0.000000342. The molecule has 4 nitrogen and oxygen atoms in total. The van der Waals surface area contributed by atoms with Gasteiger partial charge in [-0.25, -0.2) is 4.79 Å². The maximum absolute atomic E-state index is 10.2. The van der Waals surface area contributed by atoms with Crippen molar-refractivity contribution in [1.82, 2.24) is 0 Å². The molecule has 0 aliphatic heterocycles. The lowest BCUT2D eigenvalue weighted by molar-refractivity contribution is 0.0697. The van der Waals surface area contributed by atoms with Gasteiger partial charge in [-0.15, -0.1) is 0 Å². The van der Waals surface area contributed by atoms with Crippen LogP contribution in [0.3, 0.4) is 0 Å². The number of aromatic carboxylic acids is 1. The molecule has 1 N–H and O–H groups in total. The number of benzene rings is 1. The highest BCUT2D eigenvalue weighted by Gasteiger charge is 2.04. The highest BCUT2D eigenvalue weighted by molar-refractivity contribution is 6.18. The number of carboxylic acids is 1. The van der Waals surface area contributed by atoms with Crippen LogP contribution in [0.15, 0.2) is 30.3 Å². The largest absolute Gasteiger partial charge is 0.668 e. The molecule has 0 spiro atoms. The fourth-order valence-electron chi connectivity index (χ4n) is 0.915. The van der Waals surface area contributed by atoms with Gasteiger partial charge in [-0.2, -0.15) is 0 Å². The van der Waals surface area contributed by atoms with Crippen molar-refractivity contribution in [2.75, 3.05) is 0 Å². The van der Waals surface area contributed by atoms with Gasteiger partial charge in [0.2, 0.25) is 0 Å². The first kappa shape index (κ1) is 18.1. The van der Waals surface area contributed by atoms with E-state index in [1.165, 1.54) is 0 Å². The van der Waals surface area contributed by atoms with Crippen LogP contribution in [0.2, 0.25) is 0 Å². The van der Waals surface area contributed by atoms with Crippen molar-refractivity contribution in [3.63, 3.8) is 0 Å². The lowest BCUT2D eigenvalue weighted by Gasteiger charge is -2.11. The molecule has 105 valence electrons. The smallest absolute Gasteiger partial charge is 0.482 e. The summed E-state index contributed by atoms with van der Waals surface area (Å²) in [5, 5.41) is 8.38. The second-order valence-electron chi connectivity index (χ2n) is 4.31. The third-order valence-corrected chi connectivity index (χ3v) is 3.44. The van der Waals surface area contributed by atoms with Crippen molar-refractivity contribution in [1.29, 1.82) is 0 Å². The van der Waals surface area contributed by atoms with Gasteiger partial charge in [-0.05, 0) is 39.3 Å². The topological polar surface area (TPSA) is 55.8 Å². The quantitative estimate of drug-likeness (QED) is 0.814. The summed E-state index contributed by atoms with van der Waals surface area (Å²) in [5.74, 6) is -0.879. The van der Waals surface area contributed by atoms with E-state index in [1.807, 2.05) is 13.8 Å². The highest BCUT2D eigenvalue weighted by Crippen LogP contribution is 1.96. The van der Waals surface area contributed by atoms with Gasteiger partial charge in [0.15, 0.2) is 0 Å². The van der Waals surface area contributed by atoms with Crippen molar-refractivity contribution < 1.29 is 17.5 Å². The summed E-state index contributed by atoms with van der Waals surface area (Å²) < 4.78 is 10.6. The predicted octanol–water partition coefficient (Wildman–Crippen LogP) is 3.15. The summed E-state index contributed by atoms with van der Waals surface area (Å²) in [4.78, 5) is 10.2. The van der Waals surface area contributed by atoms with Gasteiger partial charge < -0.3 is 12.7 Å². The number of carboxylic acid groups (broad SMARTS) is 1. The van der Waals surface area contributed by atoms with E-state index in [-0.39, 0.29) is 15.9 Å². The van der Waals surface area contributed by atoms with E-state index in [2.05, 4.69) is 13.8 Å². The van der Waals surface area contributed by atoms with E-state index in [0.29, 0.717) is 17.8 Å². The molecule has 1 rings (SSSR count). The summed E-state index contributed by atoms with van der Waals surface area (Å²) in [6.07, 6.45) is 1.72. The minimum atomic E-state index is -0.879. The zero-order valence-corrected chi connectivity index (χ0v) is 13.2. The standard InChI is InChI=1S/C7H6O2.C4H9O.C3H7O.Al/c8-7(9)6-4-2-1-3-5-6;1-3-4(2)5;1-3(2)4;/h1-5H,(H,8,9);4H,3H2,1-2H3;3H,1-2H3;/q;2*-1;+2. The van der Waals surface area contributed by atoms with Crippen LogP contribution in [-0.4, -0.2) is 39.2 Å². The SMILES string of the molecule is CCC(C)[O][Al][O]C(C)C.O=C(O)c1ccccc1. The number of hydrogen-bond donors (Lipinski definition) is 1. The fraction of sp³-hybridized carbons (Fsp3) is 0.500. The third kappa shape index (κ3) is 10.7. The number of carbonyl (C=O) groups is 1. The Morgan fingerprint density at radius 3 is 2.16 bits per heavy atom. The van der Waals surface area contributed by atoms with Crippen LogP contribution in [-0.2, 0) is 7.58 Å². The number of hydrogen-bond acceptors (Lipinski definition) is 3. The molecule has 1 aromatic carbocycles. The Bertz CT molecular complexity index is 341. The van der Waals surface area contributed by atoms with E-state index in [1.54, 1.807) is 30.3 Å². The Kier molecular flexibility index (Phi) is 10.5. The molecule has 5 heteroatoms. The number of rotatable bonds is 6. The first-order valence-electron chi connectivity index (χ1n) is 6.38. The average molecular weight is 281 g/mol. The summed E-state index contributed by atoms with van der Waals surface area (Å²) in [6, 6.07) is 8.30. The van der Waals surface area contributed by atoms with Crippen molar-refractivity contribution in [3.8, 4) is 0 Å². The summed E-state index contributed by atoms with van der Waals surface area (Å²) >= 11 is -0.247. The van der Waals surface area contributed by atoms with E-state index < -0.39 is 5.97 Å². The second-order valence-corrected chi connectivity index (χ2v) is 5.04. The summed E-state index contributed by atoms with van der Waals surface area (Å²) in [5.41, 5.74) is 0.331. The zero-order valence-electron chi connectivity index (χ0n) is 12.0. The molecule has 0 aliphatic rings. The van der Waals surface area contributed by atoms with Gasteiger partial charge in [0.1, 0.15) is 0 Å². The van der Waals surface area contributed by atoms with Gasteiger partial charge >= 0.3 is 21.9 Å². The van der Waals surface area contributed by atoms with Crippen molar-refractivity contribution in [2.45, 2.75) is 46.3 Å². The Hall–Kier alpha value is -0.858. The molecule has 0 saturated heterocycles. The molecule has 1 aromatic rings. The predicted molar refractivity (Wildman–Crippen MR) is 76.2 cm³/mol. The molecule has 0 saturated carbocycles. The first-order valence-corrected chi connectivity index (χ1v) is 7.32. The first-order chi connectivity index (χ1) is 8.97. The Morgan fingerprint density at radius 2 is 1.79 bits per heavy atom. The monoisotopic (exact) mass is 281 g/mol. The maximum Gasteiger partial charge on any atom is 0.668 e. The molecular weight excluding hydrogens is 259 g/mol. The Morgan fingerprint density at radius 1 is 1.21 bits per heavy atom. The van der Waals surface area contributed by atoms with E-state index in [0.717, 1.165) is 6.42 Å². The van der Waals surface area contributed by atoms with Gasteiger partial charge in [0.05, 0.1) is 5.56 Å². The van der Waals surface area contributed by atoms with Gasteiger partial charge in [-0.3, -0.25) is 0 Å². The fourth-order valence-corrected chi connectivity index (χ4v) is 1.58.